The molecule has 116 valence electrons. The van der Waals surface area contributed by atoms with E-state index in [1.54, 1.807) is 0 Å². The monoisotopic (exact) mass is 298 g/mol. The average molecular weight is 299 g/mol. The van der Waals surface area contributed by atoms with Crippen molar-refractivity contribution in [1.29, 1.82) is 0 Å². The molecule has 0 heterocycles. The van der Waals surface area contributed by atoms with E-state index in [0.717, 1.165) is 0 Å². The Bertz CT molecular complexity index is 169. The molecule has 0 aliphatic heterocycles. The molecule has 0 amide bonds. The first-order valence-electron chi connectivity index (χ1n) is 6.76. The number of hydrogen-bond acceptors (Lipinski definition) is 5. The van der Waals surface area contributed by atoms with Gasteiger partial charge in [0.05, 0.1) is 65.6 Å². The van der Waals surface area contributed by atoms with Crippen molar-refractivity contribution < 1.29 is 23.7 Å². The Morgan fingerprint density at radius 3 is 1.37 bits per heavy atom. The van der Waals surface area contributed by atoms with Crippen LogP contribution in [0.3, 0.4) is 0 Å². The lowest BCUT2D eigenvalue weighted by Crippen LogP contribution is -2.14. The Morgan fingerprint density at radius 1 is 0.632 bits per heavy atom. The van der Waals surface area contributed by atoms with Gasteiger partial charge in [0.15, 0.2) is 0 Å². The van der Waals surface area contributed by atoms with Crippen LogP contribution in [-0.4, -0.2) is 71.4 Å². The molecule has 0 saturated carbocycles. The molecule has 0 aliphatic rings. The van der Waals surface area contributed by atoms with Crippen LogP contribution in [0.15, 0.2) is 0 Å². The van der Waals surface area contributed by atoms with Crippen molar-refractivity contribution in [2.24, 2.45) is 0 Å². The molecule has 19 heavy (non-hydrogen) atoms. The second-order valence-corrected chi connectivity index (χ2v) is 4.44. The normalized spacial score (nSPS) is 11.4. The third kappa shape index (κ3) is 18.1. The molecule has 6 heteroatoms. The highest BCUT2D eigenvalue weighted by molar-refractivity contribution is 6.17. The van der Waals surface area contributed by atoms with E-state index < -0.39 is 0 Å². The van der Waals surface area contributed by atoms with Gasteiger partial charge in [0.1, 0.15) is 0 Å². The van der Waals surface area contributed by atoms with Gasteiger partial charge >= 0.3 is 0 Å². The topological polar surface area (TPSA) is 46.2 Å². The molecule has 0 atom stereocenters. The first kappa shape index (κ1) is 19.1. The molecule has 0 spiro atoms. The maximum Gasteiger partial charge on any atom is 0.0703 e. The lowest BCUT2D eigenvalue weighted by molar-refractivity contribution is -0.0169. The van der Waals surface area contributed by atoms with E-state index >= 15 is 0 Å². The quantitative estimate of drug-likeness (QED) is 0.340. The third-order valence-electron chi connectivity index (χ3n) is 2.02. The summed E-state index contributed by atoms with van der Waals surface area (Å²) in [5, 5.41) is 0. The molecular formula is C13H27ClO5. The first-order valence-corrected chi connectivity index (χ1v) is 7.29. The molecule has 5 nitrogen and oxygen atoms in total. The van der Waals surface area contributed by atoms with Crippen LogP contribution < -0.4 is 0 Å². The fourth-order valence-corrected chi connectivity index (χ4v) is 1.27. The Balaban J connectivity index is 2.91. The summed E-state index contributed by atoms with van der Waals surface area (Å²) >= 11 is 5.45. The predicted molar refractivity (Wildman–Crippen MR) is 75.1 cm³/mol. The number of hydrogen-bond donors (Lipinski definition) is 0. The largest absolute Gasteiger partial charge is 0.378 e. The van der Waals surface area contributed by atoms with Crippen molar-refractivity contribution in [2.75, 3.05) is 65.3 Å². The highest BCUT2D eigenvalue weighted by Crippen LogP contribution is 1.88. The summed E-state index contributed by atoms with van der Waals surface area (Å²) < 4.78 is 26.5. The number of ether oxygens (including phenoxy) is 5. The molecule has 0 aliphatic carbocycles. The standard InChI is InChI=1S/C13H27ClO5/c1-13(2)19-12-11-18-10-9-17-8-7-16-6-5-15-4-3-14/h13H,3-12H2,1-2H3. The molecule has 0 unspecified atom stereocenters. The van der Waals surface area contributed by atoms with Crippen molar-refractivity contribution in [3.63, 3.8) is 0 Å². The van der Waals surface area contributed by atoms with Gasteiger partial charge in [-0.3, -0.25) is 0 Å². The molecule has 0 radical (unpaired) electrons. The van der Waals surface area contributed by atoms with Crippen molar-refractivity contribution in [2.45, 2.75) is 20.0 Å². The molecular weight excluding hydrogens is 272 g/mol. The van der Waals surface area contributed by atoms with E-state index in [2.05, 4.69) is 0 Å². The lowest BCUT2D eigenvalue weighted by Gasteiger charge is -2.08. The Hall–Kier alpha value is 0.0900. The molecule has 0 bridgehead atoms. The van der Waals surface area contributed by atoms with Gasteiger partial charge in [0.25, 0.3) is 0 Å². The minimum atomic E-state index is 0.255. The van der Waals surface area contributed by atoms with Gasteiger partial charge in [-0.25, -0.2) is 0 Å². The van der Waals surface area contributed by atoms with Crippen LogP contribution in [0.2, 0.25) is 0 Å². The van der Waals surface area contributed by atoms with Crippen LogP contribution in [0.1, 0.15) is 13.8 Å². The highest BCUT2D eigenvalue weighted by atomic mass is 35.5. The van der Waals surface area contributed by atoms with E-state index in [1.165, 1.54) is 0 Å². The minimum absolute atomic E-state index is 0.255. The van der Waals surface area contributed by atoms with Crippen molar-refractivity contribution >= 4 is 11.6 Å². The van der Waals surface area contributed by atoms with Gasteiger partial charge in [0, 0.05) is 5.88 Å². The van der Waals surface area contributed by atoms with Crippen LogP contribution in [-0.2, 0) is 23.7 Å². The van der Waals surface area contributed by atoms with E-state index in [-0.39, 0.29) is 6.10 Å². The van der Waals surface area contributed by atoms with Gasteiger partial charge in [-0.2, -0.15) is 0 Å². The minimum Gasteiger partial charge on any atom is -0.378 e. The summed E-state index contributed by atoms with van der Waals surface area (Å²) in [6, 6.07) is 0. The highest BCUT2D eigenvalue weighted by Gasteiger charge is 1.94. The molecule has 0 fully saturated rings. The summed E-state index contributed by atoms with van der Waals surface area (Å²) in [5.74, 6) is 0.519. The first-order chi connectivity index (χ1) is 9.27. The zero-order valence-corrected chi connectivity index (χ0v) is 12.8. The lowest BCUT2D eigenvalue weighted by atomic mass is 10.5. The van der Waals surface area contributed by atoms with Gasteiger partial charge in [-0.15, -0.1) is 11.6 Å². The van der Waals surface area contributed by atoms with E-state index in [4.69, 9.17) is 35.3 Å². The molecule has 0 N–H and O–H groups in total. The van der Waals surface area contributed by atoms with E-state index in [9.17, 15) is 0 Å². The molecule has 0 aromatic carbocycles. The SMILES string of the molecule is CC(C)OCCOCCOCCOCCOCCCl. The van der Waals surface area contributed by atoms with Gasteiger partial charge in [-0.05, 0) is 13.8 Å². The molecule has 0 aromatic heterocycles. The molecule has 0 aromatic rings. The number of alkyl halides is 1. The zero-order chi connectivity index (χ0) is 14.2. The summed E-state index contributed by atoms with van der Waals surface area (Å²) in [6.07, 6.45) is 0.255. The predicted octanol–water partition coefficient (Wildman–Crippen LogP) is 1.72. The third-order valence-corrected chi connectivity index (χ3v) is 2.17. The van der Waals surface area contributed by atoms with Gasteiger partial charge in [-0.1, -0.05) is 0 Å². The average Bonchev–Trinajstić information content (AvgIpc) is 2.39. The maximum absolute atomic E-state index is 5.45. The maximum atomic E-state index is 5.45. The summed E-state index contributed by atoms with van der Waals surface area (Å²) in [6.45, 7) is 9.26. The van der Waals surface area contributed by atoms with E-state index in [0.29, 0.717) is 65.3 Å². The Labute approximate surface area is 121 Å². The Morgan fingerprint density at radius 2 is 1.00 bits per heavy atom. The number of rotatable bonds is 15. The summed E-state index contributed by atoms with van der Waals surface area (Å²) in [7, 11) is 0. The van der Waals surface area contributed by atoms with Crippen LogP contribution in [0.5, 0.6) is 0 Å². The van der Waals surface area contributed by atoms with Crippen LogP contribution in [0, 0.1) is 0 Å². The smallest absolute Gasteiger partial charge is 0.0703 e. The van der Waals surface area contributed by atoms with Crippen molar-refractivity contribution in [1.82, 2.24) is 0 Å². The van der Waals surface area contributed by atoms with Gasteiger partial charge < -0.3 is 23.7 Å². The molecule has 0 saturated heterocycles. The van der Waals surface area contributed by atoms with Crippen LogP contribution in [0.4, 0.5) is 0 Å². The second kappa shape index (κ2) is 16.1. The van der Waals surface area contributed by atoms with Crippen LogP contribution in [0.25, 0.3) is 0 Å². The second-order valence-electron chi connectivity index (χ2n) is 4.06. The van der Waals surface area contributed by atoms with Crippen molar-refractivity contribution in [3.05, 3.63) is 0 Å². The zero-order valence-electron chi connectivity index (χ0n) is 12.1. The van der Waals surface area contributed by atoms with Gasteiger partial charge in [0.2, 0.25) is 0 Å². The summed E-state index contributed by atoms with van der Waals surface area (Å²) in [4.78, 5) is 0. The fraction of sp³-hybridized carbons (Fsp3) is 1.00. The molecule has 0 rings (SSSR count). The van der Waals surface area contributed by atoms with Crippen molar-refractivity contribution in [3.8, 4) is 0 Å². The summed E-state index contributed by atoms with van der Waals surface area (Å²) in [5.41, 5.74) is 0. The Kier molecular flexibility index (Phi) is 16.2. The van der Waals surface area contributed by atoms with E-state index in [1.807, 2.05) is 13.8 Å². The number of halogens is 1. The fourth-order valence-electron chi connectivity index (χ4n) is 1.16. The van der Waals surface area contributed by atoms with Crippen LogP contribution >= 0.6 is 11.6 Å².